The van der Waals surface area contributed by atoms with Crippen molar-refractivity contribution in [3.63, 3.8) is 0 Å². The molecule has 24 heavy (non-hydrogen) atoms. The average Bonchev–Trinajstić information content (AvgIpc) is 2.87. The maximum absolute atomic E-state index is 12.4. The molecule has 6 heteroatoms. The molecule has 1 heterocycles. The largest absolute Gasteiger partial charge is 0.468 e. The van der Waals surface area contributed by atoms with Crippen LogP contribution in [0.4, 0.5) is 0 Å². The van der Waals surface area contributed by atoms with Gasteiger partial charge in [-0.2, -0.15) is 5.26 Å². The Morgan fingerprint density at radius 3 is 2.62 bits per heavy atom. The molecule has 6 nitrogen and oxygen atoms in total. The summed E-state index contributed by atoms with van der Waals surface area (Å²) in [7, 11) is 1.24. The molecule has 0 saturated carbocycles. The number of para-hydroxylation sites is 1. The molecule has 2 aromatic carbocycles. The Morgan fingerprint density at radius 1 is 1.21 bits per heavy atom. The van der Waals surface area contributed by atoms with Gasteiger partial charge >= 0.3 is 5.97 Å². The van der Waals surface area contributed by atoms with Crippen molar-refractivity contribution >= 4 is 11.9 Å². The van der Waals surface area contributed by atoms with Crippen LogP contribution >= 0.6 is 0 Å². The summed E-state index contributed by atoms with van der Waals surface area (Å²) in [5.41, 5.74) is 0.922. The molecule has 120 valence electrons. The summed E-state index contributed by atoms with van der Waals surface area (Å²) in [4.78, 5) is 25.1. The lowest BCUT2D eigenvalue weighted by atomic mass is 10.1. The van der Waals surface area contributed by atoms with E-state index in [9.17, 15) is 14.9 Å². The van der Waals surface area contributed by atoms with E-state index in [4.69, 9.17) is 4.74 Å². The smallest absolute Gasteiger partial charge is 0.325 e. The maximum Gasteiger partial charge on any atom is 0.325 e. The van der Waals surface area contributed by atoms with E-state index < -0.39 is 12.0 Å². The first kappa shape index (κ1) is 15.6. The van der Waals surface area contributed by atoms with E-state index in [-0.39, 0.29) is 12.5 Å². The van der Waals surface area contributed by atoms with Crippen LogP contribution in [-0.4, -0.2) is 30.4 Å². The van der Waals surface area contributed by atoms with Crippen molar-refractivity contribution in [3.8, 4) is 17.6 Å². The van der Waals surface area contributed by atoms with E-state index in [0.29, 0.717) is 22.6 Å². The number of amides is 1. The third kappa shape index (κ3) is 2.79. The van der Waals surface area contributed by atoms with Gasteiger partial charge in [0.1, 0.15) is 24.1 Å². The Balaban J connectivity index is 1.91. The van der Waals surface area contributed by atoms with E-state index in [0.717, 1.165) is 0 Å². The van der Waals surface area contributed by atoms with Crippen molar-refractivity contribution in [1.82, 2.24) is 4.90 Å². The molecule has 1 aliphatic rings. The molecule has 1 atom stereocenters. The number of ether oxygens (including phenoxy) is 2. The first-order chi connectivity index (χ1) is 11.6. The summed E-state index contributed by atoms with van der Waals surface area (Å²) >= 11 is 0. The van der Waals surface area contributed by atoms with E-state index in [1.807, 2.05) is 30.3 Å². The lowest BCUT2D eigenvalue weighted by molar-refractivity contribution is -0.141. The predicted molar refractivity (Wildman–Crippen MR) is 84.4 cm³/mol. The van der Waals surface area contributed by atoms with E-state index in [2.05, 4.69) is 10.8 Å². The first-order valence-corrected chi connectivity index (χ1v) is 7.28. The Labute approximate surface area is 138 Å². The second kappa shape index (κ2) is 6.42. The lowest BCUT2D eigenvalue weighted by Gasteiger charge is -2.18. The van der Waals surface area contributed by atoms with E-state index in [1.165, 1.54) is 12.0 Å². The molecular formula is C18H14N2O4. The number of fused-ring (bicyclic) bond motifs is 1. The molecule has 0 fully saturated rings. The Hall–Kier alpha value is -3.33. The predicted octanol–water partition coefficient (Wildman–Crippen LogP) is 2.67. The number of carbonyl (C=O) groups excluding carboxylic acids is 2. The standard InChI is InChI=1S/C18H14N2O4/c1-23-17(21)11-20-16(10-19)15-9-13(7-8-14(15)18(20)22)24-12-5-3-2-4-6-12/h2-9,16H,11H2,1H3. The van der Waals surface area contributed by atoms with Crippen molar-refractivity contribution in [1.29, 1.82) is 5.26 Å². The topological polar surface area (TPSA) is 79.6 Å². The summed E-state index contributed by atoms with van der Waals surface area (Å²) in [5.74, 6) is 0.236. The van der Waals surface area contributed by atoms with Crippen LogP contribution in [0.15, 0.2) is 48.5 Å². The van der Waals surface area contributed by atoms with Crippen LogP contribution in [0.25, 0.3) is 0 Å². The van der Waals surface area contributed by atoms with Crippen molar-refractivity contribution in [2.75, 3.05) is 13.7 Å². The molecule has 0 saturated heterocycles. The minimum atomic E-state index is -0.842. The van der Waals surface area contributed by atoms with Crippen molar-refractivity contribution in [3.05, 3.63) is 59.7 Å². The van der Waals surface area contributed by atoms with Gasteiger partial charge in [-0.3, -0.25) is 9.59 Å². The van der Waals surface area contributed by atoms with Gasteiger partial charge in [0.2, 0.25) is 0 Å². The summed E-state index contributed by atoms with van der Waals surface area (Å²) < 4.78 is 10.3. The molecule has 1 amide bonds. The second-order valence-corrected chi connectivity index (χ2v) is 5.20. The average molecular weight is 322 g/mol. The molecule has 0 aromatic heterocycles. The first-order valence-electron chi connectivity index (χ1n) is 7.28. The molecule has 0 spiro atoms. The Morgan fingerprint density at radius 2 is 1.96 bits per heavy atom. The van der Waals surface area contributed by atoms with Crippen molar-refractivity contribution in [2.24, 2.45) is 0 Å². The number of nitrogens with zero attached hydrogens (tertiary/aromatic N) is 2. The number of carbonyl (C=O) groups is 2. The van der Waals surface area contributed by atoms with Crippen molar-refractivity contribution in [2.45, 2.75) is 6.04 Å². The number of hydrogen-bond acceptors (Lipinski definition) is 5. The highest BCUT2D eigenvalue weighted by atomic mass is 16.5. The zero-order valence-electron chi connectivity index (χ0n) is 12.9. The zero-order valence-corrected chi connectivity index (χ0v) is 12.9. The number of methoxy groups -OCH3 is 1. The number of hydrogen-bond donors (Lipinski definition) is 0. The molecule has 0 radical (unpaired) electrons. The number of nitriles is 1. The van der Waals surface area contributed by atoms with E-state index >= 15 is 0 Å². The molecule has 0 N–H and O–H groups in total. The van der Waals surface area contributed by atoms with Crippen molar-refractivity contribution < 1.29 is 19.1 Å². The second-order valence-electron chi connectivity index (χ2n) is 5.20. The SMILES string of the molecule is COC(=O)CN1C(=O)c2ccc(Oc3ccccc3)cc2C1C#N. The van der Waals surface area contributed by atoms with Crippen LogP contribution in [0, 0.1) is 11.3 Å². The fraction of sp³-hybridized carbons (Fsp3) is 0.167. The van der Waals surface area contributed by atoms with Gasteiger partial charge in [0.25, 0.3) is 5.91 Å². The number of esters is 1. The molecule has 1 aliphatic heterocycles. The summed E-state index contributed by atoms with van der Waals surface area (Å²) in [6.45, 7) is -0.267. The fourth-order valence-corrected chi connectivity index (χ4v) is 2.60. The maximum atomic E-state index is 12.4. The highest BCUT2D eigenvalue weighted by molar-refractivity contribution is 6.01. The van der Waals surface area contributed by atoms with Crippen LogP contribution < -0.4 is 4.74 Å². The highest BCUT2D eigenvalue weighted by Crippen LogP contribution is 2.36. The van der Waals surface area contributed by atoms with Gasteiger partial charge in [0.05, 0.1) is 13.2 Å². The van der Waals surface area contributed by atoms with E-state index in [1.54, 1.807) is 18.2 Å². The Kier molecular flexibility index (Phi) is 4.17. The summed E-state index contributed by atoms with van der Waals surface area (Å²) in [6.07, 6.45) is 0. The number of benzene rings is 2. The van der Waals surface area contributed by atoms with Crippen LogP contribution in [-0.2, 0) is 9.53 Å². The van der Waals surface area contributed by atoms with Crippen LogP contribution in [0.1, 0.15) is 22.0 Å². The summed E-state index contributed by atoms with van der Waals surface area (Å²) in [5, 5.41) is 9.43. The summed E-state index contributed by atoms with van der Waals surface area (Å²) in [6, 6.07) is 15.4. The van der Waals surface area contributed by atoms with Gasteiger partial charge in [-0.05, 0) is 30.3 Å². The third-order valence-electron chi connectivity index (χ3n) is 3.75. The quantitative estimate of drug-likeness (QED) is 0.809. The molecule has 0 bridgehead atoms. The van der Waals surface area contributed by atoms with Crippen LogP contribution in [0.2, 0.25) is 0 Å². The minimum absolute atomic E-state index is 0.267. The zero-order chi connectivity index (χ0) is 17.1. The number of rotatable bonds is 4. The molecule has 3 rings (SSSR count). The van der Waals surface area contributed by atoms with Gasteiger partial charge in [-0.25, -0.2) is 0 Å². The van der Waals surface area contributed by atoms with Gasteiger partial charge in [-0.1, -0.05) is 18.2 Å². The van der Waals surface area contributed by atoms with Crippen LogP contribution in [0.3, 0.4) is 0 Å². The molecular weight excluding hydrogens is 308 g/mol. The molecule has 2 aromatic rings. The minimum Gasteiger partial charge on any atom is -0.468 e. The van der Waals surface area contributed by atoms with Gasteiger partial charge in [-0.15, -0.1) is 0 Å². The normalized spacial score (nSPS) is 15.6. The van der Waals surface area contributed by atoms with Gasteiger partial charge in [0.15, 0.2) is 0 Å². The fourth-order valence-electron chi connectivity index (χ4n) is 2.60. The van der Waals surface area contributed by atoms with Gasteiger partial charge < -0.3 is 14.4 Å². The molecule has 0 aliphatic carbocycles. The molecule has 1 unspecified atom stereocenters. The Bertz CT molecular complexity index is 827. The monoisotopic (exact) mass is 322 g/mol. The highest BCUT2D eigenvalue weighted by Gasteiger charge is 2.38. The van der Waals surface area contributed by atoms with Crippen LogP contribution in [0.5, 0.6) is 11.5 Å². The third-order valence-corrected chi connectivity index (χ3v) is 3.75. The van der Waals surface area contributed by atoms with Gasteiger partial charge in [0, 0.05) is 11.1 Å². The lowest BCUT2D eigenvalue weighted by Crippen LogP contribution is -2.33.